The highest BCUT2D eigenvalue weighted by atomic mass is 35.5. The Labute approximate surface area is 101 Å². The average molecular weight is 244 g/mol. The molecule has 0 spiro atoms. The number of aliphatic hydroxyl groups is 1. The SMILES string of the molecule is COCCNCC(O)c1ccc(Cl)c(C)c1. The van der Waals surface area contributed by atoms with Gasteiger partial charge in [0.25, 0.3) is 0 Å². The molecule has 1 atom stereocenters. The van der Waals surface area contributed by atoms with Crippen LogP contribution in [0.5, 0.6) is 0 Å². The molecule has 2 N–H and O–H groups in total. The van der Waals surface area contributed by atoms with Gasteiger partial charge in [0.2, 0.25) is 0 Å². The summed E-state index contributed by atoms with van der Waals surface area (Å²) in [6.45, 7) is 3.83. The largest absolute Gasteiger partial charge is 0.387 e. The summed E-state index contributed by atoms with van der Waals surface area (Å²) in [7, 11) is 1.65. The van der Waals surface area contributed by atoms with E-state index in [2.05, 4.69) is 5.32 Å². The van der Waals surface area contributed by atoms with Gasteiger partial charge < -0.3 is 15.2 Å². The highest BCUT2D eigenvalue weighted by Gasteiger charge is 2.07. The Bertz CT molecular complexity index is 331. The van der Waals surface area contributed by atoms with Crippen LogP contribution in [0.15, 0.2) is 18.2 Å². The summed E-state index contributed by atoms with van der Waals surface area (Å²) in [6.07, 6.45) is -0.507. The zero-order chi connectivity index (χ0) is 12.0. The summed E-state index contributed by atoms with van der Waals surface area (Å²) in [5.74, 6) is 0. The molecule has 0 aliphatic heterocycles. The summed E-state index contributed by atoms with van der Waals surface area (Å²) in [4.78, 5) is 0. The van der Waals surface area contributed by atoms with Crippen LogP contribution < -0.4 is 5.32 Å². The molecule has 0 fully saturated rings. The van der Waals surface area contributed by atoms with Crippen LogP contribution in [-0.4, -0.2) is 31.9 Å². The second-order valence-corrected chi connectivity index (χ2v) is 4.13. The molecule has 0 aromatic heterocycles. The van der Waals surface area contributed by atoms with E-state index in [1.54, 1.807) is 7.11 Å². The molecule has 0 saturated carbocycles. The number of methoxy groups -OCH3 is 1. The van der Waals surface area contributed by atoms with E-state index in [4.69, 9.17) is 16.3 Å². The van der Waals surface area contributed by atoms with E-state index in [9.17, 15) is 5.11 Å². The lowest BCUT2D eigenvalue weighted by molar-refractivity contribution is 0.161. The minimum absolute atomic E-state index is 0.507. The van der Waals surface area contributed by atoms with Crippen molar-refractivity contribution in [2.45, 2.75) is 13.0 Å². The van der Waals surface area contributed by atoms with E-state index in [-0.39, 0.29) is 0 Å². The van der Waals surface area contributed by atoms with Gasteiger partial charge in [-0.15, -0.1) is 0 Å². The Kier molecular flexibility index (Phi) is 5.77. The second-order valence-electron chi connectivity index (χ2n) is 3.72. The molecule has 0 aliphatic carbocycles. The number of hydrogen-bond acceptors (Lipinski definition) is 3. The van der Waals surface area contributed by atoms with Gasteiger partial charge in [-0.1, -0.05) is 23.7 Å². The van der Waals surface area contributed by atoms with Crippen LogP contribution in [-0.2, 0) is 4.74 Å². The third-order valence-electron chi connectivity index (χ3n) is 2.39. The number of ether oxygens (including phenoxy) is 1. The van der Waals surface area contributed by atoms with Crippen molar-refractivity contribution in [3.63, 3.8) is 0 Å². The minimum Gasteiger partial charge on any atom is -0.387 e. The standard InChI is InChI=1S/C12H18ClNO2/c1-9-7-10(3-4-11(9)13)12(15)8-14-5-6-16-2/h3-4,7,12,14-15H,5-6,8H2,1-2H3. The number of benzene rings is 1. The van der Waals surface area contributed by atoms with Crippen molar-refractivity contribution in [2.75, 3.05) is 26.8 Å². The molecule has 0 bridgehead atoms. The van der Waals surface area contributed by atoms with Gasteiger partial charge in [-0.05, 0) is 24.1 Å². The maximum absolute atomic E-state index is 9.89. The number of nitrogens with one attached hydrogen (secondary N) is 1. The maximum atomic E-state index is 9.89. The predicted octanol–water partition coefficient (Wildman–Crippen LogP) is 1.92. The quantitative estimate of drug-likeness (QED) is 0.750. The molecule has 1 rings (SSSR count). The Morgan fingerprint density at radius 1 is 1.50 bits per heavy atom. The third kappa shape index (κ3) is 4.10. The fourth-order valence-electron chi connectivity index (χ4n) is 1.41. The maximum Gasteiger partial charge on any atom is 0.0914 e. The van der Waals surface area contributed by atoms with E-state index in [1.807, 2.05) is 25.1 Å². The van der Waals surface area contributed by atoms with Crippen LogP contribution >= 0.6 is 11.6 Å². The molecular weight excluding hydrogens is 226 g/mol. The van der Waals surface area contributed by atoms with Gasteiger partial charge in [-0.3, -0.25) is 0 Å². The second kappa shape index (κ2) is 6.86. The van der Waals surface area contributed by atoms with E-state index < -0.39 is 6.10 Å². The lowest BCUT2D eigenvalue weighted by Crippen LogP contribution is -2.25. The van der Waals surface area contributed by atoms with Crippen molar-refractivity contribution in [3.05, 3.63) is 34.3 Å². The Hall–Kier alpha value is -0.610. The van der Waals surface area contributed by atoms with Crippen molar-refractivity contribution in [1.29, 1.82) is 0 Å². The van der Waals surface area contributed by atoms with Gasteiger partial charge in [0.05, 0.1) is 12.7 Å². The van der Waals surface area contributed by atoms with E-state index in [0.29, 0.717) is 13.2 Å². The lowest BCUT2D eigenvalue weighted by atomic mass is 10.1. The first-order chi connectivity index (χ1) is 7.65. The normalized spacial score (nSPS) is 12.8. The summed E-state index contributed by atoms with van der Waals surface area (Å²) >= 11 is 5.92. The number of rotatable bonds is 6. The summed E-state index contributed by atoms with van der Waals surface area (Å²) in [5, 5.41) is 13.7. The molecule has 0 heterocycles. The highest BCUT2D eigenvalue weighted by molar-refractivity contribution is 6.31. The van der Waals surface area contributed by atoms with Crippen molar-refractivity contribution in [3.8, 4) is 0 Å². The van der Waals surface area contributed by atoms with Crippen LogP contribution in [0.25, 0.3) is 0 Å². The molecule has 0 radical (unpaired) electrons. The number of aliphatic hydroxyl groups excluding tert-OH is 1. The number of halogens is 1. The zero-order valence-electron chi connectivity index (χ0n) is 9.66. The van der Waals surface area contributed by atoms with E-state index in [0.717, 1.165) is 22.7 Å². The molecule has 3 nitrogen and oxygen atoms in total. The zero-order valence-corrected chi connectivity index (χ0v) is 10.4. The Morgan fingerprint density at radius 2 is 2.25 bits per heavy atom. The molecule has 90 valence electrons. The van der Waals surface area contributed by atoms with Gasteiger partial charge in [-0.2, -0.15) is 0 Å². The Balaban J connectivity index is 2.46. The van der Waals surface area contributed by atoms with Gasteiger partial charge in [0.1, 0.15) is 0 Å². The first kappa shape index (κ1) is 13.5. The molecule has 1 unspecified atom stereocenters. The molecule has 4 heteroatoms. The number of hydrogen-bond donors (Lipinski definition) is 2. The van der Waals surface area contributed by atoms with Crippen LogP contribution in [0.4, 0.5) is 0 Å². The van der Waals surface area contributed by atoms with Crippen molar-refractivity contribution >= 4 is 11.6 Å². The molecule has 0 saturated heterocycles. The van der Waals surface area contributed by atoms with Crippen molar-refractivity contribution in [1.82, 2.24) is 5.32 Å². The van der Waals surface area contributed by atoms with Gasteiger partial charge in [-0.25, -0.2) is 0 Å². The topological polar surface area (TPSA) is 41.5 Å². The van der Waals surface area contributed by atoms with Gasteiger partial charge >= 0.3 is 0 Å². The fourth-order valence-corrected chi connectivity index (χ4v) is 1.52. The van der Waals surface area contributed by atoms with Gasteiger partial charge in [0.15, 0.2) is 0 Å². The fraction of sp³-hybridized carbons (Fsp3) is 0.500. The summed E-state index contributed by atoms with van der Waals surface area (Å²) < 4.78 is 4.90. The smallest absolute Gasteiger partial charge is 0.0914 e. The molecule has 16 heavy (non-hydrogen) atoms. The lowest BCUT2D eigenvalue weighted by Gasteiger charge is -2.13. The predicted molar refractivity (Wildman–Crippen MR) is 65.9 cm³/mol. The molecular formula is C12H18ClNO2. The minimum atomic E-state index is -0.507. The summed E-state index contributed by atoms with van der Waals surface area (Å²) in [5.41, 5.74) is 1.86. The Morgan fingerprint density at radius 3 is 2.88 bits per heavy atom. The molecule has 0 amide bonds. The number of aryl methyl sites for hydroxylation is 1. The van der Waals surface area contributed by atoms with Crippen LogP contribution in [0, 0.1) is 6.92 Å². The first-order valence-electron chi connectivity index (χ1n) is 5.29. The first-order valence-corrected chi connectivity index (χ1v) is 5.66. The van der Waals surface area contributed by atoms with Crippen molar-refractivity contribution < 1.29 is 9.84 Å². The van der Waals surface area contributed by atoms with Crippen LogP contribution in [0.3, 0.4) is 0 Å². The van der Waals surface area contributed by atoms with Crippen LogP contribution in [0.2, 0.25) is 5.02 Å². The van der Waals surface area contributed by atoms with E-state index >= 15 is 0 Å². The van der Waals surface area contributed by atoms with Crippen LogP contribution in [0.1, 0.15) is 17.2 Å². The average Bonchev–Trinajstić information content (AvgIpc) is 2.28. The molecule has 1 aromatic rings. The van der Waals surface area contributed by atoms with Crippen molar-refractivity contribution in [2.24, 2.45) is 0 Å². The van der Waals surface area contributed by atoms with Gasteiger partial charge in [0, 0.05) is 25.2 Å². The summed E-state index contributed by atoms with van der Waals surface area (Å²) in [6, 6.07) is 5.56. The van der Waals surface area contributed by atoms with E-state index in [1.165, 1.54) is 0 Å². The molecule has 0 aliphatic rings. The monoisotopic (exact) mass is 243 g/mol. The third-order valence-corrected chi connectivity index (χ3v) is 2.81. The molecule has 1 aromatic carbocycles. The highest BCUT2D eigenvalue weighted by Crippen LogP contribution is 2.20.